The molecule has 3 rings (SSSR count). The standard InChI is InChI=1S/C17H10F6O3/c1-25-11-2-3-12-13(7-11)15(24)26-14(12)8-4-9(16(18,19)20)6-10(5-8)17(21,22)23/h2-7,14H,1H3. The van der Waals surface area contributed by atoms with Gasteiger partial charge in [0.1, 0.15) is 5.75 Å². The Kier molecular flexibility index (Phi) is 4.12. The number of carbonyl (C=O) groups excluding carboxylic acids is 1. The number of benzene rings is 2. The number of ether oxygens (including phenoxy) is 2. The van der Waals surface area contributed by atoms with Gasteiger partial charge >= 0.3 is 18.3 Å². The fourth-order valence-electron chi connectivity index (χ4n) is 2.68. The quantitative estimate of drug-likeness (QED) is 0.547. The molecule has 138 valence electrons. The third-order valence-electron chi connectivity index (χ3n) is 3.90. The molecule has 0 saturated carbocycles. The largest absolute Gasteiger partial charge is 0.497 e. The van der Waals surface area contributed by atoms with Crippen LogP contribution in [0.15, 0.2) is 36.4 Å². The second kappa shape index (κ2) is 5.93. The molecule has 2 aromatic rings. The predicted octanol–water partition coefficient (Wildman–Crippen LogP) is 4.99. The number of esters is 1. The topological polar surface area (TPSA) is 35.5 Å². The molecule has 3 nitrogen and oxygen atoms in total. The van der Waals surface area contributed by atoms with E-state index in [1.54, 1.807) is 0 Å². The monoisotopic (exact) mass is 376 g/mol. The molecule has 1 heterocycles. The summed E-state index contributed by atoms with van der Waals surface area (Å²) in [5.41, 5.74) is -3.16. The Morgan fingerprint density at radius 1 is 0.923 bits per heavy atom. The maximum Gasteiger partial charge on any atom is 0.416 e. The molecule has 0 radical (unpaired) electrons. The molecule has 9 heteroatoms. The van der Waals surface area contributed by atoms with E-state index in [9.17, 15) is 31.1 Å². The molecule has 0 amide bonds. The lowest BCUT2D eigenvalue weighted by Crippen LogP contribution is -2.13. The van der Waals surface area contributed by atoms with Gasteiger partial charge in [0.25, 0.3) is 0 Å². The molecule has 0 aliphatic carbocycles. The second-order valence-corrected chi connectivity index (χ2v) is 5.58. The first-order valence-corrected chi connectivity index (χ1v) is 7.19. The maximum atomic E-state index is 13.0. The van der Waals surface area contributed by atoms with Crippen molar-refractivity contribution >= 4 is 5.97 Å². The third-order valence-corrected chi connectivity index (χ3v) is 3.90. The first kappa shape index (κ1) is 18.1. The number of hydrogen-bond donors (Lipinski definition) is 0. The van der Waals surface area contributed by atoms with Crippen LogP contribution < -0.4 is 4.74 Å². The van der Waals surface area contributed by atoms with E-state index in [0.717, 1.165) is 0 Å². The first-order chi connectivity index (χ1) is 12.0. The van der Waals surface area contributed by atoms with E-state index < -0.39 is 41.1 Å². The summed E-state index contributed by atoms with van der Waals surface area (Å²) in [6, 6.07) is 5.24. The normalized spacial score (nSPS) is 17.0. The molecule has 1 atom stereocenters. The summed E-state index contributed by atoms with van der Waals surface area (Å²) in [6.07, 6.45) is -11.3. The Bertz CT molecular complexity index is 838. The van der Waals surface area contributed by atoms with Crippen molar-refractivity contribution in [1.82, 2.24) is 0 Å². The summed E-state index contributed by atoms with van der Waals surface area (Å²) in [6.45, 7) is 0. The van der Waals surface area contributed by atoms with Gasteiger partial charge in [0, 0.05) is 5.56 Å². The highest BCUT2D eigenvalue weighted by atomic mass is 19.4. The van der Waals surface area contributed by atoms with Crippen molar-refractivity contribution in [2.45, 2.75) is 18.5 Å². The number of carbonyl (C=O) groups is 1. The number of methoxy groups -OCH3 is 1. The molecule has 1 aliphatic rings. The molecule has 0 fully saturated rings. The van der Waals surface area contributed by atoms with Gasteiger partial charge in [-0.05, 0) is 35.9 Å². The zero-order valence-corrected chi connectivity index (χ0v) is 13.0. The fourth-order valence-corrected chi connectivity index (χ4v) is 2.68. The van der Waals surface area contributed by atoms with E-state index >= 15 is 0 Å². The van der Waals surface area contributed by atoms with Crippen LogP contribution in [0.2, 0.25) is 0 Å². The van der Waals surface area contributed by atoms with Gasteiger partial charge < -0.3 is 9.47 Å². The van der Waals surface area contributed by atoms with Crippen molar-refractivity contribution in [2.24, 2.45) is 0 Å². The van der Waals surface area contributed by atoms with Gasteiger partial charge in [0.2, 0.25) is 0 Å². The van der Waals surface area contributed by atoms with Gasteiger partial charge in [0.15, 0.2) is 6.10 Å². The summed E-state index contributed by atoms with van der Waals surface area (Å²) in [4.78, 5) is 12.0. The number of cyclic esters (lactones) is 1. The lowest BCUT2D eigenvalue weighted by atomic mass is 9.95. The van der Waals surface area contributed by atoms with Crippen molar-refractivity contribution in [3.63, 3.8) is 0 Å². The summed E-state index contributed by atoms with van der Waals surface area (Å²) in [7, 11) is 1.35. The number of fused-ring (bicyclic) bond motifs is 1. The predicted molar refractivity (Wildman–Crippen MR) is 76.7 cm³/mol. The Labute approximate surface area is 143 Å². The van der Waals surface area contributed by atoms with Gasteiger partial charge in [-0.3, -0.25) is 0 Å². The van der Waals surface area contributed by atoms with Crippen LogP contribution in [-0.4, -0.2) is 13.1 Å². The van der Waals surface area contributed by atoms with Gasteiger partial charge in [-0.1, -0.05) is 6.07 Å². The van der Waals surface area contributed by atoms with Gasteiger partial charge in [0.05, 0.1) is 23.8 Å². The second-order valence-electron chi connectivity index (χ2n) is 5.58. The Balaban J connectivity index is 2.15. The van der Waals surface area contributed by atoms with E-state index in [1.165, 1.54) is 25.3 Å². The Morgan fingerprint density at radius 2 is 1.50 bits per heavy atom. The van der Waals surface area contributed by atoms with E-state index in [-0.39, 0.29) is 17.2 Å². The van der Waals surface area contributed by atoms with Crippen LogP contribution in [0.25, 0.3) is 0 Å². The van der Waals surface area contributed by atoms with Crippen LogP contribution in [0, 0.1) is 0 Å². The summed E-state index contributed by atoms with van der Waals surface area (Å²) in [5.74, 6) is -0.545. The number of rotatable bonds is 2. The number of alkyl halides is 6. The molecule has 0 N–H and O–H groups in total. The lowest BCUT2D eigenvalue weighted by Gasteiger charge is -2.17. The van der Waals surface area contributed by atoms with Gasteiger partial charge in [-0.25, -0.2) is 4.79 Å². The molecule has 0 bridgehead atoms. The van der Waals surface area contributed by atoms with Crippen molar-refractivity contribution in [3.8, 4) is 5.75 Å². The highest BCUT2D eigenvalue weighted by molar-refractivity contribution is 5.95. The third kappa shape index (κ3) is 3.21. The highest BCUT2D eigenvalue weighted by Gasteiger charge is 2.40. The van der Waals surface area contributed by atoms with Crippen LogP contribution in [0.5, 0.6) is 5.75 Å². The van der Waals surface area contributed by atoms with E-state index in [1.807, 2.05) is 0 Å². The zero-order chi connectivity index (χ0) is 19.3. The van der Waals surface area contributed by atoms with Gasteiger partial charge in [-0.2, -0.15) is 26.3 Å². The minimum atomic E-state index is -4.98. The van der Waals surface area contributed by atoms with E-state index in [0.29, 0.717) is 17.9 Å². The molecule has 0 saturated heterocycles. The van der Waals surface area contributed by atoms with Crippen molar-refractivity contribution in [2.75, 3.05) is 7.11 Å². The Morgan fingerprint density at radius 3 is 2.00 bits per heavy atom. The molecule has 1 unspecified atom stereocenters. The number of halogens is 6. The van der Waals surface area contributed by atoms with E-state index in [4.69, 9.17) is 9.47 Å². The van der Waals surface area contributed by atoms with Crippen LogP contribution >= 0.6 is 0 Å². The minimum Gasteiger partial charge on any atom is -0.497 e. The number of hydrogen-bond acceptors (Lipinski definition) is 3. The highest BCUT2D eigenvalue weighted by Crippen LogP contribution is 2.42. The summed E-state index contributed by atoms with van der Waals surface area (Å²) >= 11 is 0. The summed E-state index contributed by atoms with van der Waals surface area (Å²) in [5, 5.41) is 0. The van der Waals surface area contributed by atoms with Gasteiger partial charge in [-0.15, -0.1) is 0 Å². The zero-order valence-electron chi connectivity index (χ0n) is 13.0. The molecule has 0 aromatic heterocycles. The van der Waals surface area contributed by atoms with Crippen molar-refractivity contribution < 1.29 is 40.6 Å². The minimum absolute atomic E-state index is 0.0230. The first-order valence-electron chi connectivity index (χ1n) is 7.19. The average molecular weight is 376 g/mol. The lowest BCUT2D eigenvalue weighted by molar-refractivity contribution is -0.143. The molecule has 1 aliphatic heterocycles. The summed E-state index contributed by atoms with van der Waals surface area (Å²) < 4.78 is 88.0. The maximum absolute atomic E-state index is 13.0. The van der Waals surface area contributed by atoms with Crippen LogP contribution in [0.4, 0.5) is 26.3 Å². The van der Waals surface area contributed by atoms with Crippen molar-refractivity contribution in [3.05, 3.63) is 64.2 Å². The van der Waals surface area contributed by atoms with Crippen LogP contribution in [0.3, 0.4) is 0 Å². The Hall–Kier alpha value is -2.71. The van der Waals surface area contributed by atoms with Crippen molar-refractivity contribution in [1.29, 1.82) is 0 Å². The molecular weight excluding hydrogens is 366 g/mol. The molecule has 0 spiro atoms. The fraction of sp³-hybridized carbons (Fsp3) is 0.235. The molecular formula is C17H10F6O3. The van der Waals surface area contributed by atoms with E-state index in [2.05, 4.69) is 0 Å². The van der Waals surface area contributed by atoms with Crippen LogP contribution in [0.1, 0.15) is 38.7 Å². The molecule has 26 heavy (non-hydrogen) atoms. The van der Waals surface area contributed by atoms with Crippen LogP contribution in [-0.2, 0) is 17.1 Å². The molecule has 2 aromatic carbocycles. The average Bonchev–Trinajstić information content (AvgIpc) is 2.89. The smallest absolute Gasteiger partial charge is 0.416 e. The SMILES string of the molecule is COc1ccc2c(c1)C(=O)OC2c1cc(C(F)(F)F)cc(C(F)(F)F)c1.